The summed E-state index contributed by atoms with van der Waals surface area (Å²) in [6.07, 6.45) is -1.49. The Balaban J connectivity index is 5.52. The second kappa shape index (κ2) is 9.32. The lowest BCUT2D eigenvalue weighted by Gasteiger charge is -2.34. The van der Waals surface area contributed by atoms with E-state index >= 15 is 0 Å². The van der Waals surface area contributed by atoms with Crippen molar-refractivity contribution in [2.45, 2.75) is 79.5 Å². The van der Waals surface area contributed by atoms with Crippen LogP contribution in [0.3, 0.4) is 0 Å². The Morgan fingerprint density at radius 2 is 1.42 bits per heavy atom. The van der Waals surface area contributed by atoms with Crippen molar-refractivity contribution >= 4 is 17.7 Å². The van der Waals surface area contributed by atoms with Crippen LogP contribution in [0, 0.1) is 17.3 Å². The second-order valence-electron chi connectivity index (χ2n) is 9.20. The first-order valence-corrected chi connectivity index (χ1v) is 8.84. The van der Waals surface area contributed by atoms with Crippen LogP contribution in [-0.4, -0.2) is 45.7 Å². The topological polar surface area (TPSA) is 128 Å². The van der Waals surface area contributed by atoms with Crippen LogP contribution < -0.4 is 16.1 Å². The van der Waals surface area contributed by atoms with Gasteiger partial charge in [0.15, 0.2) is 0 Å². The molecule has 8 heteroatoms. The third-order valence-corrected chi connectivity index (χ3v) is 3.74. The summed E-state index contributed by atoms with van der Waals surface area (Å²) in [7, 11) is 0. The zero-order valence-corrected chi connectivity index (χ0v) is 17.1. The molecule has 0 rings (SSSR count). The van der Waals surface area contributed by atoms with Gasteiger partial charge in [-0.3, -0.25) is 19.6 Å². The standard InChI is InChI=1S/C18H35N3O5/c1-10(2)9-11(12(22)15(24)21-26)14(23)19-13(17(3,4)5)16(25)20-18(6,7)8/h10-13,22,26H,9H2,1-8H3,(H,19,23)(H,20,25)(H,21,24)/t11-,12+,13?/m1/s1. The molecule has 0 saturated carbocycles. The van der Waals surface area contributed by atoms with Crippen LogP contribution in [0.2, 0.25) is 0 Å². The van der Waals surface area contributed by atoms with Gasteiger partial charge < -0.3 is 15.7 Å². The van der Waals surface area contributed by atoms with Gasteiger partial charge in [0.1, 0.15) is 12.1 Å². The van der Waals surface area contributed by atoms with Gasteiger partial charge in [0.05, 0.1) is 5.92 Å². The molecule has 0 aliphatic carbocycles. The molecule has 0 spiro atoms. The molecule has 0 aliphatic heterocycles. The maximum atomic E-state index is 12.8. The summed E-state index contributed by atoms with van der Waals surface area (Å²) in [6, 6.07) is -0.853. The van der Waals surface area contributed by atoms with Gasteiger partial charge in [0.2, 0.25) is 11.8 Å². The van der Waals surface area contributed by atoms with Crippen molar-refractivity contribution in [1.82, 2.24) is 16.1 Å². The van der Waals surface area contributed by atoms with Crippen LogP contribution in [0.15, 0.2) is 0 Å². The first kappa shape index (κ1) is 24.3. The van der Waals surface area contributed by atoms with E-state index in [-0.39, 0.29) is 18.2 Å². The first-order chi connectivity index (χ1) is 11.6. The lowest BCUT2D eigenvalue weighted by atomic mass is 9.84. The van der Waals surface area contributed by atoms with Crippen LogP contribution >= 0.6 is 0 Å². The van der Waals surface area contributed by atoms with Crippen LogP contribution in [0.25, 0.3) is 0 Å². The fourth-order valence-electron chi connectivity index (χ4n) is 2.50. The highest BCUT2D eigenvalue weighted by Gasteiger charge is 2.39. The molecule has 0 aliphatic rings. The first-order valence-electron chi connectivity index (χ1n) is 8.84. The molecule has 3 atom stereocenters. The number of carbonyl (C=O) groups is 3. The molecular formula is C18H35N3O5. The monoisotopic (exact) mass is 373 g/mol. The number of carbonyl (C=O) groups excluding carboxylic acids is 3. The van der Waals surface area contributed by atoms with E-state index in [1.807, 2.05) is 55.4 Å². The van der Waals surface area contributed by atoms with Crippen molar-refractivity contribution in [2.75, 3.05) is 0 Å². The lowest BCUT2D eigenvalue weighted by Crippen LogP contribution is -2.59. The second-order valence-corrected chi connectivity index (χ2v) is 9.20. The highest BCUT2D eigenvalue weighted by Crippen LogP contribution is 2.23. The van der Waals surface area contributed by atoms with Gasteiger partial charge in [-0.2, -0.15) is 0 Å². The van der Waals surface area contributed by atoms with E-state index in [1.54, 1.807) is 0 Å². The molecule has 0 bridgehead atoms. The average Bonchev–Trinajstić information content (AvgIpc) is 2.45. The fourth-order valence-corrected chi connectivity index (χ4v) is 2.50. The van der Waals surface area contributed by atoms with Crippen LogP contribution in [0.5, 0.6) is 0 Å². The van der Waals surface area contributed by atoms with E-state index < -0.39 is 40.8 Å². The normalized spacial score (nSPS) is 15.8. The fraction of sp³-hybridized carbons (Fsp3) is 0.833. The van der Waals surface area contributed by atoms with E-state index in [0.29, 0.717) is 0 Å². The van der Waals surface area contributed by atoms with Crippen molar-refractivity contribution in [1.29, 1.82) is 0 Å². The van der Waals surface area contributed by atoms with Gasteiger partial charge in [0, 0.05) is 5.54 Å². The number of hydroxylamine groups is 1. The predicted molar refractivity (Wildman–Crippen MR) is 98.2 cm³/mol. The van der Waals surface area contributed by atoms with Gasteiger partial charge in [-0.15, -0.1) is 0 Å². The molecule has 0 fully saturated rings. The maximum absolute atomic E-state index is 12.8. The third-order valence-electron chi connectivity index (χ3n) is 3.74. The number of amides is 3. The summed E-state index contributed by atoms with van der Waals surface area (Å²) in [5, 5.41) is 24.4. The number of hydrogen-bond acceptors (Lipinski definition) is 5. The molecule has 5 N–H and O–H groups in total. The minimum Gasteiger partial charge on any atom is -0.382 e. The van der Waals surface area contributed by atoms with Crippen molar-refractivity contribution < 1.29 is 24.7 Å². The zero-order chi connectivity index (χ0) is 20.9. The summed E-state index contributed by atoms with van der Waals surface area (Å²) in [4.78, 5) is 37.0. The number of aliphatic hydroxyl groups excluding tert-OH is 1. The molecule has 0 aromatic heterocycles. The van der Waals surface area contributed by atoms with Gasteiger partial charge >= 0.3 is 0 Å². The van der Waals surface area contributed by atoms with Gasteiger partial charge in [-0.25, -0.2) is 5.48 Å². The van der Waals surface area contributed by atoms with E-state index in [0.717, 1.165) is 0 Å². The Morgan fingerprint density at radius 1 is 0.923 bits per heavy atom. The van der Waals surface area contributed by atoms with E-state index in [1.165, 1.54) is 5.48 Å². The molecule has 0 aromatic rings. The quantitative estimate of drug-likeness (QED) is 0.335. The number of hydrogen-bond donors (Lipinski definition) is 5. The van der Waals surface area contributed by atoms with Crippen LogP contribution in [0.4, 0.5) is 0 Å². The van der Waals surface area contributed by atoms with Gasteiger partial charge in [-0.05, 0) is 38.5 Å². The average molecular weight is 373 g/mol. The smallest absolute Gasteiger partial charge is 0.272 e. The van der Waals surface area contributed by atoms with E-state index in [2.05, 4.69) is 10.6 Å². The highest BCUT2D eigenvalue weighted by molar-refractivity contribution is 5.92. The molecule has 0 aromatic carbocycles. The minimum absolute atomic E-state index is 0.0170. The third kappa shape index (κ3) is 8.14. The largest absolute Gasteiger partial charge is 0.382 e. The van der Waals surface area contributed by atoms with Gasteiger partial charge in [0.25, 0.3) is 5.91 Å². The molecule has 0 radical (unpaired) electrons. The van der Waals surface area contributed by atoms with Gasteiger partial charge in [-0.1, -0.05) is 34.6 Å². The molecular weight excluding hydrogens is 338 g/mol. The minimum atomic E-state index is -1.71. The molecule has 26 heavy (non-hydrogen) atoms. The molecule has 0 heterocycles. The SMILES string of the molecule is CC(C)C[C@@H](C(=O)NC(C(=O)NC(C)(C)C)C(C)(C)C)[C@H](O)C(=O)NO. The highest BCUT2D eigenvalue weighted by atomic mass is 16.5. The Morgan fingerprint density at radius 3 is 1.77 bits per heavy atom. The Bertz CT molecular complexity index is 506. The molecule has 1 unspecified atom stereocenters. The molecule has 8 nitrogen and oxygen atoms in total. The van der Waals surface area contributed by atoms with Crippen molar-refractivity contribution in [2.24, 2.45) is 17.3 Å². The number of aliphatic hydroxyl groups is 1. The summed E-state index contributed by atoms with van der Waals surface area (Å²) >= 11 is 0. The Kier molecular flexibility index (Phi) is 8.72. The molecule has 3 amide bonds. The Hall–Kier alpha value is -1.67. The summed E-state index contributed by atoms with van der Waals surface area (Å²) in [5.74, 6) is -3.09. The summed E-state index contributed by atoms with van der Waals surface area (Å²) < 4.78 is 0. The summed E-state index contributed by atoms with van der Waals surface area (Å²) in [5.41, 5.74) is 0.303. The number of rotatable bonds is 7. The zero-order valence-electron chi connectivity index (χ0n) is 17.1. The van der Waals surface area contributed by atoms with Crippen molar-refractivity contribution in [3.05, 3.63) is 0 Å². The van der Waals surface area contributed by atoms with E-state index in [9.17, 15) is 19.5 Å². The maximum Gasteiger partial charge on any atom is 0.272 e. The molecule has 0 saturated heterocycles. The van der Waals surface area contributed by atoms with Crippen LogP contribution in [-0.2, 0) is 14.4 Å². The van der Waals surface area contributed by atoms with Crippen molar-refractivity contribution in [3.8, 4) is 0 Å². The van der Waals surface area contributed by atoms with E-state index in [4.69, 9.17) is 5.21 Å². The Labute approximate surface area is 156 Å². The number of nitrogens with one attached hydrogen (secondary N) is 3. The van der Waals surface area contributed by atoms with Crippen molar-refractivity contribution in [3.63, 3.8) is 0 Å². The predicted octanol–water partition coefficient (Wildman–Crippen LogP) is 0.961. The van der Waals surface area contributed by atoms with Crippen LogP contribution in [0.1, 0.15) is 61.8 Å². The summed E-state index contributed by atoms with van der Waals surface area (Å²) in [6.45, 7) is 14.6. The lowest BCUT2D eigenvalue weighted by molar-refractivity contribution is -0.147. The molecule has 152 valence electrons.